The van der Waals surface area contributed by atoms with E-state index in [0.29, 0.717) is 24.7 Å². The van der Waals surface area contributed by atoms with E-state index in [9.17, 15) is 9.59 Å². The summed E-state index contributed by atoms with van der Waals surface area (Å²) in [4.78, 5) is 22.4. The van der Waals surface area contributed by atoms with Gasteiger partial charge in [0.1, 0.15) is 12.1 Å². The fourth-order valence-electron chi connectivity index (χ4n) is 0.878. The molecule has 2 atom stereocenters. The summed E-state index contributed by atoms with van der Waals surface area (Å²) in [6.45, 7) is 4.09. The Morgan fingerprint density at radius 2 is 1.20 bits per heavy atom. The van der Waals surface area contributed by atoms with Gasteiger partial charge in [-0.1, -0.05) is 21.6 Å². The highest BCUT2D eigenvalue weighted by Gasteiger charge is 2.17. The van der Waals surface area contributed by atoms with Crippen LogP contribution >= 0.6 is 46.4 Å². The topological polar surface area (TPSA) is 105 Å². The van der Waals surface area contributed by atoms with Gasteiger partial charge in [-0.2, -0.15) is 0 Å². The average molecular weight is 369 g/mol. The minimum absolute atomic E-state index is 0. The Labute approximate surface area is 139 Å². The van der Waals surface area contributed by atoms with E-state index in [-0.39, 0.29) is 24.8 Å². The van der Waals surface area contributed by atoms with Crippen LogP contribution in [0.3, 0.4) is 0 Å². The number of esters is 2. The van der Waals surface area contributed by atoms with E-state index in [2.05, 4.69) is 0 Å². The lowest BCUT2D eigenvalue weighted by Gasteiger charge is -2.11. The maximum atomic E-state index is 11.2. The van der Waals surface area contributed by atoms with Gasteiger partial charge in [-0.3, -0.25) is 9.59 Å². The number of carbonyl (C=O) groups is 2. The molecule has 10 heteroatoms. The van der Waals surface area contributed by atoms with Gasteiger partial charge in [0.05, 0.1) is 13.2 Å². The normalized spacial score (nSPS) is 12.4. The third-order valence-electron chi connectivity index (χ3n) is 1.76. The number of rotatable bonds is 9. The second-order valence-electron chi connectivity index (χ2n) is 3.29. The van der Waals surface area contributed by atoms with Crippen molar-refractivity contribution in [2.24, 2.45) is 11.5 Å². The maximum absolute atomic E-state index is 11.2. The fraction of sp³-hybridized carbons (Fsp3) is 0.800. The van der Waals surface area contributed by atoms with Crippen LogP contribution in [0.5, 0.6) is 0 Å². The molecule has 0 aliphatic carbocycles. The van der Waals surface area contributed by atoms with Crippen molar-refractivity contribution in [1.82, 2.24) is 0 Å². The summed E-state index contributed by atoms with van der Waals surface area (Å²) in [5, 5.41) is 0. The van der Waals surface area contributed by atoms with Crippen molar-refractivity contribution in [1.29, 1.82) is 0 Å². The summed E-state index contributed by atoms with van der Waals surface area (Å²) in [6.07, 6.45) is 0. The molecule has 0 bridgehead atoms. The predicted molar refractivity (Wildman–Crippen MR) is 88.6 cm³/mol. The predicted octanol–water partition coefficient (Wildman–Crippen LogP) is 0.992. The van der Waals surface area contributed by atoms with E-state index < -0.39 is 24.0 Å². The highest BCUT2D eigenvalue weighted by molar-refractivity contribution is 8.76. The molecule has 20 heavy (non-hydrogen) atoms. The van der Waals surface area contributed by atoms with Crippen LogP contribution < -0.4 is 11.5 Å². The standard InChI is InChI=1S/C10H20N2O4S2.2ClH/c1-3-15-9(13)7(11)5-17-18-6-8(12)10(14)16-4-2;;/h7-8H,3-6,11-12H2,1-2H3;2*1H/t7-,8?;;/m0../s1. The van der Waals surface area contributed by atoms with Crippen molar-refractivity contribution in [2.75, 3.05) is 24.7 Å². The first-order chi connectivity index (χ1) is 8.52. The molecule has 122 valence electrons. The summed E-state index contributed by atoms with van der Waals surface area (Å²) in [5.74, 6) is -0.00135. The molecule has 0 aromatic heterocycles. The lowest BCUT2D eigenvalue weighted by atomic mass is 10.4. The molecule has 0 aromatic carbocycles. The number of carbonyl (C=O) groups excluding carboxylic acids is 2. The minimum atomic E-state index is -0.652. The van der Waals surface area contributed by atoms with E-state index in [1.165, 1.54) is 21.6 Å². The van der Waals surface area contributed by atoms with Gasteiger partial charge >= 0.3 is 11.9 Å². The highest BCUT2D eigenvalue weighted by Crippen LogP contribution is 2.22. The number of halogens is 2. The van der Waals surface area contributed by atoms with E-state index in [1.54, 1.807) is 13.8 Å². The van der Waals surface area contributed by atoms with Gasteiger partial charge in [0.2, 0.25) is 0 Å². The molecule has 0 heterocycles. The Hall–Kier alpha value is 0.140. The first-order valence-corrected chi connectivity index (χ1v) is 8.10. The van der Waals surface area contributed by atoms with Crippen LogP contribution in [0.15, 0.2) is 0 Å². The van der Waals surface area contributed by atoms with Crippen molar-refractivity contribution in [3.8, 4) is 0 Å². The first kappa shape index (κ1) is 25.1. The largest absolute Gasteiger partial charge is 0.465 e. The zero-order valence-electron chi connectivity index (χ0n) is 11.4. The molecule has 6 nitrogen and oxygen atoms in total. The smallest absolute Gasteiger partial charge is 0.323 e. The zero-order chi connectivity index (χ0) is 14.0. The summed E-state index contributed by atoms with van der Waals surface area (Å²) in [5.41, 5.74) is 11.2. The lowest BCUT2D eigenvalue weighted by Crippen LogP contribution is -2.35. The number of hydrogen-bond acceptors (Lipinski definition) is 8. The Bertz CT molecular complexity index is 250. The van der Waals surface area contributed by atoms with Crippen molar-refractivity contribution in [3.05, 3.63) is 0 Å². The quantitative estimate of drug-likeness (QED) is 0.352. The third-order valence-corrected chi connectivity index (χ3v) is 4.23. The fourth-order valence-corrected chi connectivity index (χ4v) is 3.09. The highest BCUT2D eigenvalue weighted by atomic mass is 35.5. The molecule has 0 aliphatic heterocycles. The number of nitrogens with two attached hydrogens (primary N) is 2. The van der Waals surface area contributed by atoms with Crippen LogP contribution in [-0.4, -0.2) is 48.7 Å². The molecule has 1 unspecified atom stereocenters. The van der Waals surface area contributed by atoms with Crippen molar-refractivity contribution in [3.63, 3.8) is 0 Å². The zero-order valence-corrected chi connectivity index (χ0v) is 14.7. The van der Waals surface area contributed by atoms with E-state index >= 15 is 0 Å². The molecule has 0 radical (unpaired) electrons. The van der Waals surface area contributed by atoms with E-state index in [0.717, 1.165) is 0 Å². The molecule has 0 fully saturated rings. The second kappa shape index (κ2) is 15.5. The first-order valence-electron chi connectivity index (χ1n) is 5.61. The summed E-state index contributed by atoms with van der Waals surface area (Å²) < 4.78 is 9.53. The summed E-state index contributed by atoms with van der Waals surface area (Å²) in [7, 11) is 2.76. The monoisotopic (exact) mass is 368 g/mol. The number of hydrogen-bond donors (Lipinski definition) is 2. The van der Waals surface area contributed by atoms with Crippen LogP contribution in [0.1, 0.15) is 13.8 Å². The van der Waals surface area contributed by atoms with Crippen LogP contribution in [0.25, 0.3) is 0 Å². The Kier molecular flexibility index (Phi) is 19.5. The molecule has 0 spiro atoms. The lowest BCUT2D eigenvalue weighted by molar-refractivity contribution is -0.144. The molecule has 0 rings (SSSR count). The molecule has 4 N–H and O–H groups in total. The summed E-state index contributed by atoms with van der Waals surface area (Å²) in [6, 6.07) is -1.30. The van der Waals surface area contributed by atoms with Crippen molar-refractivity contribution < 1.29 is 19.1 Å². The van der Waals surface area contributed by atoms with E-state index in [4.69, 9.17) is 20.9 Å². The van der Waals surface area contributed by atoms with E-state index in [1.807, 2.05) is 0 Å². The van der Waals surface area contributed by atoms with Crippen LogP contribution in [-0.2, 0) is 19.1 Å². The van der Waals surface area contributed by atoms with Gasteiger partial charge in [-0.05, 0) is 13.8 Å². The average Bonchev–Trinajstić information content (AvgIpc) is 2.34. The molecule has 0 saturated heterocycles. The molecule has 0 aliphatic rings. The van der Waals surface area contributed by atoms with Crippen molar-refractivity contribution in [2.45, 2.75) is 25.9 Å². The van der Waals surface area contributed by atoms with Crippen LogP contribution in [0.4, 0.5) is 0 Å². The van der Waals surface area contributed by atoms with Gasteiger partial charge < -0.3 is 20.9 Å². The Morgan fingerprint density at radius 1 is 0.900 bits per heavy atom. The molecule has 0 amide bonds. The van der Waals surface area contributed by atoms with Crippen LogP contribution in [0.2, 0.25) is 0 Å². The maximum Gasteiger partial charge on any atom is 0.323 e. The third kappa shape index (κ3) is 11.9. The molecule has 0 aromatic rings. The Morgan fingerprint density at radius 3 is 1.45 bits per heavy atom. The van der Waals surface area contributed by atoms with Gasteiger partial charge in [0.15, 0.2) is 0 Å². The molecular weight excluding hydrogens is 347 g/mol. The van der Waals surface area contributed by atoms with Gasteiger partial charge in [0.25, 0.3) is 0 Å². The second-order valence-corrected chi connectivity index (χ2v) is 5.84. The van der Waals surface area contributed by atoms with Crippen molar-refractivity contribution >= 4 is 58.3 Å². The van der Waals surface area contributed by atoms with Gasteiger partial charge in [-0.25, -0.2) is 0 Å². The Balaban J connectivity index is -0.00000144. The van der Waals surface area contributed by atoms with Gasteiger partial charge in [0, 0.05) is 11.5 Å². The number of ether oxygens (including phenoxy) is 2. The van der Waals surface area contributed by atoms with Crippen LogP contribution in [0, 0.1) is 0 Å². The molecular formula is C10H22Cl2N2O4S2. The summed E-state index contributed by atoms with van der Waals surface area (Å²) >= 11 is 0. The SMILES string of the molecule is CCOC(=O)C(N)CSSC[C@H](N)C(=O)OCC.Cl.Cl. The van der Waals surface area contributed by atoms with Gasteiger partial charge in [-0.15, -0.1) is 24.8 Å². The molecule has 0 saturated carbocycles. The minimum Gasteiger partial charge on any atom is -0.465 e.